The van der Waals surface area contributed by atoms with E-state index in [1.807, 2.05) is 36.4 Å². The number of rotatable bonds is 4. The molecule has 0 N–H and O–H groups in total. The lowest BCUT2D eigenvalue weighted by Gasteiger charge is -2.07. The molecule has 0 amide bonds. The highest BCUT2D eigenvalue weighted by Gasteiger charge is 2.14. The molecule has 0 spiro atoms. The summed E-state index contributed by atoms with van der Waals surface area (Å²) >= 11 is 21.5. The summed E-state index contributed by atoms with van der Waals surface area (Å²) in [4.78, 5) is 9.89. The number of thioether (sulfide) groups is 1. The van der Waals surface area contributed by atoms with Crippen LogP contribution in [0.15, 0.2) is 59.2 Å². The number of nitrogens with zero attached hydrogens (tertiary/aromatic N) is 2. The highest BCUT2D eigenvalue weighted by atomic mass is 35.5. The molecule has 26 heavy (non-hydrogen) atoms. The third kappa shape index (κ3) is 3.71. The van der Waals surface area contributed by atoms with Crippen molar-refractivity contribution in [2.45, 2.75) is 10.8 Å². The van der Waals surface area contributed by atoms with Gasteiger partial charge in [-0.2, -0.15) is 0 Å². The molecule has 2 aromatic heterocycles. The van der Waals surface area contributed by atoms with E-state index in [0.29, 0.717) is 15.8 Å². The second-order valence-corrected chi connectivity index (χ2v) is 8.64. The fraction of sp³-hybridized carbons (Fsp3) is 0.0526. The Morgan fingerprint density at radius 3 is 2.46 bits per heavy atom. The van der Waals surface area contributed by atoms with E-state index in [9.17, 15) is 0 Å². The van der Waals surface area contributed by atoms with Gasteiger partial charge in [0.1, 0.15) is 16.2 Å². The minimum absolute atomic E-state index is 0.635. The Morgan fingerprint density at radius 2 is 1.69 bits per heavy atom. The standard InChI is InChI=1S/C19H11Cl3N2S2/c20-13-4-1-11(2-5-13)15-9-26-19-17(15)18(23-10-24-19)25-8-12-3-6-14(21)7-16(12)22/h1-7,9-10H,8H2. The molecule has 4 rings (SSSR count). The third-order valence-corrected chi connectivity index (χ3v) is 6.63. The Kier molecular flexibility index (Phi) is 5.39. The largest absolute Gasteiger partial charge is 0.229 e. The summed E-state index contributed by atoms with van der Waals surface area (Å²) in [6.07, 6.45) is 1.61. The lowest BCUT2D eigenvalue weighted by molar-refractivity contribution is 1.11. The molecule has 7 heteroatoms. The molecule has 0 aliphatic heterocycles. The molecule has 0 bridgehead atoms. The molecule has 0 atom stereocenters. The second-order valence-electron chi connectivity index (χ2n) is 5.54. The van der Waals surface area contributed by atoms with Crippen LogP contribution in [0.3, 0.4) is 0 Å². The Labute approximate surface area is 174 Å². The van der Waals surface area contributed by atoms with Crippen molar-refractivity contribution < 1.29 is 0 Å². The van der Waals surface area contributed by atoms with Gasteiger partial charge in [0.2, 0.25) is 0 Å². The summed E-state index contributed by atoms with van der Waals surface area (Å²) in [6, 6.07) is 13.4. The summed E-state index contributed by atoms with van der Waals surface area (Å²) in [5, 5.41) is 6.13. The van der Waals surface area contributed by atoms with Crippen molar-refractivity contribution in [2.75, 3.05) is 0 Å². The van der Waals surface area contributed by atoms with Crippen molar-refractivity contribution in [2.24, 2.45) is 0 Å². The van der Waals surface area contributed by atoms with Gasteiger partial charge in [-0.15, -0.1) is 23.1 Å². The van der Waals surface area contributed by atoms with Gasteiger partial charge in [0, 0.05) is 31.8 Å². The molecule has 2 nitrogen and oxygen atoms in total. The maximum Gasteiger partial charge on any atom is 0.128 e. The number of thiophene rings is 1. The van der Waals surface area contributed by atoms with Gasteiger partial charge in [-0.3, -0.25) is 0 Å². The molecule has 0 aliphatic rings. The van der Waals surface area contributed by atoms with Gasteiger partial charge in [0.05, 0.1) is 5.39 Å². The van der Waals surface area contributed by atoms with Crippen LogP contribution in [-0.2, 0) is 5.75 Å². The Balaban J connectivity index is 1.71. The molecule has 130 valence electrons. The van der Waals surface area contributed by atoms with Gasteiger partial charge < -0.3 is 0 Å². The first-order valence-electron chi connectivity index (χ1n) is 7.66. The molecule has 0 saturated carbocycles. The van der Waals surface area contributed by atoms with E-state index in [2.05, 4.69) is 15.3 Å². The van der Waals surface area contributed by atoms with Crippen LogP contribution in [0.4, 0.5) is 0 Å². The maximum absolute atomic E-state index is 6.29. The summed E-state index contributed by atoms with van der Waals surface area (Å²) in [7, 11) is 0. The van der Waals surface area contributed by atoms with Crippen molar-refractivity contribution in [3.8, 4) is 11.1 Å². The zero-order valence-corrected chi connectivity index (χ0v) is 17.1. The molecule has 4 aromatic rings. The summed E-state index contributed by atoms with van der Waals surface area (Å²) in [5.74, 6) is 0.706. The fourth-order valence-electron chi connectivity index (χ4n) is 2.58. The van der Waals surface area contributed by atoms with E-state index in [1.165, 1.54) is 0 Å². The van der Waals surface area contributed by atoms with Crippen molar-refractivity contribution in [3.63, 3.8) is 0 Å². The van der Waals surface area contributed by atoms with Gasteiger partial charge in [-0.1, -0.05) is 53.0 Å². The maximum atomic E-state index is 6.29. The van der Waals surface area contributed by atoms with E-state index >= 15 is 0 Å². The summed E-state index contributed by atoms with van der Waals surface area (Å²) in [6.45, 7) is 0. The smallest absolute Gasteiger partial charge is 0.128 e. The van der Waals surface area contributed by atoms with E-state index in [-0.39, 0.29) is 0 Å². The molecular weight excluding hydrogens is 427 g/mol. The molecule has 0 radical (unpaired) electrons. The van der Waals surface area contributed by atoms with Crippen LogP contribution in [0.5, 0.6) is 0 Å². The summed E-state index contributed by atoms with van der Waals surface area (Å²) < 4.78 is 0. The van der Waals surface area contributed by atoms with Crippen molar-refractivity contribution in [1.82, 2.24) is 9.97 Å². The minimum atomic E-state index is 0.635. The average molecular weight is 438 g/mol. The van der Waals surface area contributed by atoms with Crippen LogP contribution in [0.25, 0.3) is 21.3 Å². The van der Waals surface area contributed by atoms with Crippen molar-refractivity contribution >= 4 is 68.1 Å². The Hall–Kier alpha value is -1.30. The van der Waals surface area contributed by atoms with Crippen molar-refractivity contribution in [3.05, 3.63) is 74.8 Å². The molecule has 0 aliphatic carbocycles. The van der Waals surface area contributed by atoms with Gasteiger partial charge in [0.25, 0.3) is 0 Å². The number of fused-ring (bicyclic) bond motifs is 1. The SMILES string of the molecule is Clc1ccc(-c2csc3ncnc(SCc4ccc(Cl)cc4Cl)c23)cc1. The minimum Gasteiger partial charge on any atom is -0.229 e. The van der Waals surface area contributed by atoms with Gasteiger partial charge in [-0.25, -0.2) is 9.97 Å². The number of hydrogen-bond acceptors (Lipinski definition) is 4. The molecule has 2 heterocycles. The highest BCUT2D eigenvalue weighted by molar-refractivity contribution is 7.98. The normalized spacial score (nSPS) is 11.2. The first kappa shape index (κ1) is 18.1. The topological polar surface area (TPSA) is 25.8 Å². The van der Waals surface area contributed by atoms with Crippen LogP contribution >= 0.6 is 57.9 Å². The number of benzene rings is 2. The molecular formula is C19H11Cl3N2S2. The predicted molar refractivity (Wildman–Crippen MR) is 114 cm³/mol. The Morgan fingerprint density at radius 1 is 0.923 bits per heavy atom. The molecule has 2 aromatic carbocycles. The Bertz CT molecular complexity index is 1080. The first-order chi connectivity index (χ1) is 12.6. The van der Waals surface area contributed by atoms with Gasteiger partial charge in [0.15, 0.2) is 0 Å². The highest BCUT2D eigenvalue weighted by Crippen LogP contribution is 2.39. The fourth-order valence-corrected chi connectivity index (χ4v) is 5.26. The van der Waals surface area contributed by atoms with Gasteiger partial charge >= 0.3 is 0 Å². The quantitative estimate of drug-likeness (QED) is 0.243. The lowest BCUT2D eigenvalue weighted by Crippen LogP contribution is -1.88. The van der Waals surface area contributed by atoms with E-state index in [1.54, 1.807) is 35.5 Å². The van der Waals surface area contributed by atoms with Crippen LogP contribution < -0.4 is 0 Å². The predicted octanol–water partition coefficient (Wildman–Crippen LogP) is 7.61. The first-order valence-corrected chi connectivity index (χ1v) is 10.7. The second kappa shape index (κ2) is 7.75. The van der Waals surface area contributed by atoms with E-state index in [4.69, 9.17) is 34.8 Å². The van der Waals surface area contributed by atoms with E-state index in [0.717, 1.165) is 37.0 Å². The van der Waals surface area contributed by atoms with Crippen LogP contribution in [0.2, 0.25) is 15.1 Å². The van der Waals surface area contributed by atoms with Crippen LogP contribution in [0, 0.1) is 0 Å². The van der Waals surface area contributed by atoms with E-state index < -0.39 is 0 Å². The number of hydrogen-bond donors (Lipinski definition) is 0. The number of halogens is 3. The monoisotopic (exact) mass is 436 g/mol. The zero-order valence-electron chi connectivity index (χ0n) is 13.2. The molecule has 0 unspecified atom stereocenters. The third-order valence-electron chi connectivity index (χ3n) is 3.87. The molecule has 0 saturated heterocycles. The van der Waals surface area contributed by atoms with Crippen LogP contribution in [0.1, 0.15) is 5.56 Å². The summed E-state index contributed by atoms with van der Waals surface area (Å²) in [5.41, 5.74) is 3.24. The zero-order chi connectivity index (χ0) is 18.1. The van der Waals surface area contributed by atoms with Crippen molar-refractivity contribution in [1.29, 1.82) is 0 Å². The average Bonchev–Trinajstić information content (AvgIpc) is 3.06. The number of aromatic nitrogens is 2. The van der Waals surface area contributed by atoms with Crippen LogP contribution in [-0.4, -0.2) is 9.97 Å². The lowest BCUT2D eigenvalue weighted by atomic mass is 10.1. The molecule has 0 fully saturated rings. The van der Waals surface area contributed by atoms with Gasteiger partial charge in [-0.05, 0) is 35.4 Å².